The molecule has 0 radical (unpaired) electrons. The summed E-state index contributed by atoms with van der Waals surface area (Å²) in [6.07, 6.45) is -2.84. The number of hydrogen-bond acceptors (Lipinski definition) is 7. The minimum Gasteiger partial charge on any atom is -0.393 e. The van der Waals surface area contributed by atoms with E-state index in [0.29, 0.717) is 16.8 Å². The number of rotatable bonds is 5. The lowest BCUT2D eigenvalue weighted by Crippen LogP contribution is -2.30. The molecule has 156 valence electrons. The zero-order chi connectivity index (χ0) is 21.9. The second kappa shape index (κ2) is 8.59. The average Bonchev–Trinajstić information content (AvgIpc) is 2.69. The smallest absolute Gasteiger partial charge is 0.393 e. The molecule has 8 nitrogen and oxygen atoms in total. The van der Waals surface area contributed by atoms with Gasteiger partial charge in [-0.25, -0.2) is 15.0 Å². The van der Waals surface area contributed by atoms with E-state index in [2.05, 4.69) is 31.1 Å². The van der Waals surface area contributed by atoms with Gasteiger partial charge >= 0.3 is 6.18 Å². The number of nitrogens with zero attached hydrogens (tertiary/aromatic N) is 3. The number of halogens is 5. The van der Waals surface area contributed by atoms with Gasteiger partial charge in [-0.05, 0) is 30.3 Å². The predicted molar refractivity (Wildman–Crippen MR) is 107 cm³/mol. The Balaban J connectivity index is 1.73. The summed E-state index contributed by atoms with van der Waals surface area (Å²) in [6.45, 7) is 0. The molecule has 3 aromatic rings. The van der Waals surface area contributed by atoms with E-state index >= 15 is 0 Å². The zero-order valence-electron chi connectivity index (χ0n) is 14.8. The number of carbonyl (C=O) groups excluding carboxylic acids is 1. The maximum absolute atomic E-state index is 12.7. The maximum Gasteiger partial charge on any atom is 0.417 e. The van der Waals surface area contributed by atoms with E-state index in [1.165, 1.54) is 12.1 Å². The molecule has 5 N–H and O–H groups in total. The van der Waals surface area contributed by atoms with Crippen LogP contribution in [0.3, 0.4) is 0 Å². The van der Waals surface area contributed by atoms with Gasteiger partial charge in [-0.1, -0.05) is 23.2 Å². The van der Waals surface area contributed by atoms with E-state index < -0.39 is 17.6 Å². The number of hydrogen-bond donors (Lipinski definition) is 4. The fraction of sp³-hybridized carbons (Fsp3) is 0.0588. The van der Waals surface area contributed by atoms with Gasteiger partial charge in [0.15, 0.2) is 11.6 Å². The van der Waals surface area contributed by atoms with E-state index in [4.69, 9.17) is 28.9 Å². The topological polar surface area (TPSA) is 118 Å². The maximum atomic E-state index is 12.7. The van der Waals surface area contributed by atoms with Crippen LogP contribution in [0, 0.1) is 0 Å². The molecule has 0 fully saturated rings. The van der Waals surface area contributed by atoms with Crippen molar-refractivity contribution in [3.63, 3.8) is 0 Å². The Hall–Kier alpha value is -3.31. The number of benzene rings is 1. The highest BCUT2D eigenvalue weighted by Crippen LogP contribution is 2.34. The second-order valence-electron chi connectivity index (χ2n) is 5.75. The Morgan fingerprint density at radius 3 is 2.30 bits per heavy atom. The van der Waals surface area contributed by atoms with Crippen LogP contribution in [0.1, 0.15) is 15.9 Å². The van der Waals surface area contributed by atoms with E-state index in [1.807, 2.05) is 0 Å². The van der Waals surface area contributed by atoms with E-state index in [1.54, 1.807) is 12.1 Å². The highest BCUT2D eigenvalue weighted by Gasteiger charge is 2.31. The third-order valence-corrected chi connectivity index (χ3v) is 4.23. The number of nitrogen functional groups attached to an aromatic ring is 1. The molecule has 0 atom stereocenters. The quantitative estimate of drug-likeness (QED) is 0.422. The summed E-state index contributed by atoms with van der Waals surface area (Å²) in [4.78, 5) is 23.6. The van der Waals surface area contributed by atoms with Gasteiger partial charge in [0.25, 0.3) is 5.91 Å². The molecular weight excluding hydrogens is 446 g/mol. The molecule has 0 unspecified atom stereocenters. The average molecular weight is 458 g/mol. The van der Waals surface area contributed by atoms with Crippen LogP contribution in [0.15, 0.2) is 42.9 Å². The Kier molecular flexibility index (Phi) is 6.13. The van der Waals surface area contributed by atoms with E-state index in [-0.39, 0.29) is 28.2 Å². The number of amides is 1. The van der Waals surface area contributed by atoms with E-state index in [0.717, 1.165) is 12.4 Å². The molecule has 2 aromatic heterocycles. The molecule has 1 aromatic carbocycles. The predicted octanol–water partition coefficient (Wildman–Crippen LogP) is 4.28. The van der Waals surface area contributed by atoms with Crippen molar-refractivity contribution < 1.29 is 18.0 Å². The van der Waals surface area contributed by atoms with E-state index in [9.17, 15) is 18.0 Å². The van der Waals surface area contributed by atoms with Gasteiger partial charge in [0.05, 0.1) is 10.6 Å². The lowest BCUT2D eigenvalue weighted by atomic mass is 10.2. The van der Waals surface area contributed by atoms with Crippen LogP contribution in [0.2, 0.25) is 10.0 Å². The van der Waals surface area contributed by atoms with Gasteiger partial charge in [0, 0.05) is 16.8 Å². The van der Waals surface area contributed by atoms with Crippen LogP contribution in [0.4, 0.5) is 36.3 Å². The third kappa shape index (κ3) is 4.99. The molecule has 0 aliphatic rings. The third-order valence-electron chi connectivity index (χ3n) is 3.69. The van der Waals surface area contributed by atoms with Crippen LogP contribution < -0.4 is 21.9 Å². The first-order chi connectivity index (χ1) is 14.1. The van der Waals surface area contributed by atoms with Crippen molar-refractivity contribution >= 4 is 52.3 Å². The van der Waals surface area contributed by atoms with Gasteiger partial charge < -0.3 is 11.1 Å². The van der Waals surface area contributed by atoms with Crippen molar-refractivity contribution in [1.82, 2.24) is 20.4 Å². The monoisotopic (exact) mass is 457 g/mol. The fourth-order valence-corrected chi connectivity index (χ4v) is 2.52. The molecular formula is C17H12Cl2F3N7O. The molecule has 0 aliphatic carbocycles. The van der Waals surface area contributed by atoms with Crippen molar-refractivity contribution in [2.45, 2.75) is 6.18 Å². The van der Waals surface area contributed by atoms with Gasteiger partial charge in [-0.15, -0.1) is 0 Å². The first-order valence-electron chi connectivity index (χ1n) is 8.07. The summed E-state index contributed by atoms with van der Waals surface area (Å²) in [7, 11) is 0. The summed E-state index contributed by atoms with van der Waals surface area (Å²) in [5.74, 6) is -0.516. The van der Waals surface area contributed by atoms with Gasteiger partial charge in [-0.2, -0.15) is 13.2 Å². The van der Waals surface area contributed by atoms with Crippen molar-refractivity contribution in [2.24, 2.45) is 0 Å². The van der Waals surface area contributed by atoms with Crippen LogP contribution in [0.25, 0.3) is 0 Å². The zero-order valence-corrected chi connectivity index (χ0v) is 16.3. The fourth-order valence-electron chi connectivity index (χ4n) is 2.18. The van der Waals surface area contributed by atoms with Crippen LogP contribution in [-0.2, 0) is 6.18 Å². The van der Waals surface area contributed by atoms with Crippen LogP contribution in [-0.4, -0.2) is 20.9 Å². The SMILES string of the molecule is Nc1c(NNC(=O)c2ccc(Cl)cc2)ncnc1Nc1ncc(C(F)(F)F)cc1Cl. The lowest BCUT2D eigenvalue weighted by molar-refractivity contribution is -0.137. The molecule has 30 heavy (non-hydrogen) atoms. The Labute approximate surface area is 177 Å². The molecule has 0 saturated heterocycles. The summed E-state index contributed by atoms with van der Waals surface area (Å²) < 4.78 is 38.2. The number of hydrazine groups is 1. The number of alkyl halides is 3. The number of anilines is 4. The first kappa shape index (κ1) is 21.4. The molecule has 0 spiro atoms. The second-order valence-corrected chi connectivity index (χ2v) is 6.59. The summed E-state index contributed by atoms with van der Waals surface area (Å²) in [6, 6.07) is 6.87. The van der Waals surface area contributed by atoms with Crippen molar-refractivity contribution in [2.75, 3.05) is 16.5 Å². The molecule has 3 rings (SSSR count). The summed E-state index contributed by atoms with van der Waals surface area (Å²) >= 11 is 11.6. The Morgan fingerprint density at radius 2 is 1.67 bits per heavy atom. The number of nitrogens with one attached hydrogen (secondary N) is 3. The Morgan fingerprint density at radius 1 is 1.00 bits per heavy atom. The number of pyridine rings is 1. The summed E-state index contributed by atoms with van der Waals surface area (Å²) in [5, 5.41) is 2.82. The van der Waals surface area contributed by atoms with Crippen molar-refractivity contribution in [3.05, 3.63) is 64.0 Å². The Bertz CT molecular complexity index is 1080. The molecule has 0 saturated carbocycles. The minimum atomic E-state index is -4.58. The highest BCUT2D eigenvalue weighted by atomic mass is 35.5. The van der Waals surface area contributed by atoms with Gasteiger partial charge in [-0.3, -0.25) is 15.6 Å². The highest BCUT2D eigenvalue weighted by molar-refractivity contribution is 6.33. The normalized spacial score (nSPS) is 11.1. The lowest BCUT2D eigenvalue weighted by Gasteiger charge is -2.14. The molecule has 13 heteroatoms. The first-order valence-corrected chi connectivity index (χ1v) is 8.83. The molecule has 2 heterocycles. The molecule has 0 bridgehead atoms. The van der Waals surface area contributed by atoms with Gasteiger partial charge in [0.1, 0.15) is 17.8 Å². The molecule has 0 aliphatic heterocycles. The van der Waals surface area contributed by atoms with Crippen LogP contribution >= 0.6 is 23.2 Å². The summed E-state index contributed by atoms with van der Waals surface area (Å²) in [5.41, 5.74) is 10.2. The van der Waals surface area contributed by atoms with Crippen molar-refractivity contribution in [3.8, 4) is 0 Å². The minimum absolute atomic E-state index is 0.0161. The largest absolute Gasteiger partial charge is 0.417 e. The van der Waals surface area contributed by atoms with Crippen molar-refractivity contribution in [1.29, 1.82) is 0 Å². The standard InChI is InChI=1S/C17H12Cl2F3N7O/c18-10-3-1-8(2-4-10)16(30)29-28-15-12(23)14(25-7-26-15)27-13-11(19)5-9(6-24-13)17(20,21)22/h1-7H,23H2,(H,29,30)(H2,24,25,26,27,28). The number of carbonyl (C=O) groups is 1. The molecule has 1 amide bonds. The number of aromatic nitrogens is 3. The van der Waals surface area contributed by atoms with Crippen LogP contribution in [0.5, 0.6) is 0 Å². The number of nitrogens with two attached hydrogens (primary N) is 1. The van der Waals surface area contributed by atoms with Gasteiger partial charge in [0.2, 0.25) is 0 Å².